The zero-order valence-corrected chi connectivity index (χ0v) is 15.3. The molecule has 1 atom stereocenters. The summed E-state index contributed by atoms with van der Waals surface area (Å²) in [5.74, 6) is -0.0372. The van der Waals surface area contributed by atoms with Crippen LogP contribution in [0.2, 0.25) is 0 Å². The number of carbonyl (C=O) groups is 1. The molecule has 0 spiro atoms. The minimum Gasteiger partial charge on any atom is -0.361 e. The molecule has 0 unspecified atom stereocenters. The third-order valence-corrected chi connectivity index (χ3v) is 6.10. The summed E-state index contributed by atoms with van der Waals surface area (Å²) in [6.45, 7) is 3.48. The monoisotopic (exact) mass is 369 g/mol. The van der Waals surface area contributed by atoms with Crippen LogP contribution in [0.25, 0.3) is 10.9 Å². The van der Waals surface area contributed by atoms with Gasteiger partial charge in [-0.2, -0.15) is 0 Å². The summed E-state index contributed by atoms with van der Waals surface area (Å²) in [7, 11) is -3.71. The highest BCUT2D eigenvalue weighted by Crippen LogP contribution is 2.34. The predicted molar refractivity (Wildman–Crippen MR) is 102 cm³/mol. The molecule has 7 heteroatoms. The number of hydrogen-bond donors (Lipinski definition) is 2. The molecule has 4 rings (SSSR count). The highest BCUT2D eigenvalue weighted by Gasteiger charge is 2.30. The smallest absolute Gasteiger partial charge is 0.261 e. The van der Waals surface area contributed by atoms with Crippen LogP contribution in [0.3, 0.4) is 0 Å². The van der Waals surface area contributed by atoms with E-state index in [1.165, 1.54) is 6.92 Å². The molecule has 1 aromatic heterocycles. The zero-order valence-electron chi connectivity index (χ0n) is 14.5. The van der Waals surface area contributed by atoms with Crippen molar-refractivity contribution in [1.82, 2.24) is 4.98 Å². The Morgan fingerprint density at radius 3 is 2.77 bits per heavy atom. The van der Waals surface area contributed by atoms with Gasteiger partial charge in [-0.25, -0.2) is 8.42 Å². The third-order valence-electron chi connectivity index (χ3n) is 4.72. The number of sulfonamides is 1. The second-order valence-corrected chi connectivity index (χ2v) is 8.30. The molecule has 2 N–H and O–H groups in total. The van der Waals surface area contributed by atoms with E-state index in [9.17, 15) is 13.2 Å². The third kappa shape index (κ3) is 2.74. The maximum atomic E-state index is 12.8. The zero-order chi connectivity index (χ0) is 18.5. The van der Waals surface area contributed by atoms with E-state index in [4.69, 9.17) is 0 Å². The number of fused-ring (bicyclic) bond motifs is 2. The average molecular weight is 369 g/mol. The fraction of sp³-hybridized carbons (Fsp3) is 0.211. The Labute approximate surface area is 151 Å². The molecule has 1 amide bonds. The quantitative estimate of drug-likeness (QED) is 0.743. The minimum absolute atomic E-state index is 0.0319. The van der Waals surface area contributed by atoms with Gasteiger partial charge in [-0.15, -0.1) is 0 Å². The number of nitrogens with zero attached hydrogens (tertiary/aromatic N) is 1. The van der Waals surface area contributed by atoms with Crippen LogP contribution in [-0.4, -0.2) is 25.4 Å². The van der Waals surface area contributed by atoms with Crippen molar-refractivity contribution in [1.29, 1.82) is 0 Å². The van der Waals surface area contributed by atoms with Crippen molar-refractivity contribution in [3.05, 3.63) is 54.2 Å². The topological polar surface area (TPSA) is 82.3 Å². The van der Waals surface area contributed by atoms with Crippen LogP contribution in [0, 0.1) is 0 Å². The first kappa shape index (κ1) is 16.7. The number of aromatic nitrogens is 1. The van der Waals surface area contributed by atoms with Crippen molar-refractivity contribution in [3.63, 3.8) is 0 Å². The van der Waals surface area contributed by atoms with Crippen molar-refractivity contribution in [3.8, 4) is 0 Å². The standard InChI is InChI=1S/C19H19N3O3S/c1-12-9-15-11-17(4-6-19(15)22(12)13(2)23)26(24,25)21-16-3-5-18-14(10-16)7-8-20-18/h3-8,10-12,20-21H,9H2,1-2H3/t12-/m0/s1. The SMILES string of the molecule is CC(=O)N1c2ccc(S(=O)(=O)Nc3ccc4[nH]ccc4c3)cc2C[C@@H]1C. The first-order chi connectivity index (χ1) is 12.3. The molecule has 0 saturated carbocycles. The summed E-state index contributed by atoms with van der Waals surface area (Å²) >= 11 is 0. The molecule has 0 saturated heterocycles. The lowest BCUT2D eigenvalue weighted by atomic mass is 10.1. The minimum atomic E-state index is -3.71. The molecule has 2 heterocycles. The second-order valence-electron chi connectivity index (χ2n) is 6.62. The van der Waals surface area contributed by atoms with Gasteiger partial charge in [0.05, 0.1) is 4.90 Å². The molecule has 0 bridgehead atoms. The Bertz CT molecular complexity index is 1120. The van der Waals surface area contributed by atoms with Crippen molar-refractivity contribution in [2.75, 3.05) is 9.62 Å². The van der Waals surface area contributed by atoms with E-state index in [-0.39, 0.29) is 16.8 Å². The molecule has 6 nitrogen and oxygen atoms in total. The highest BCUT2D eigenvalue weighted by atomic mass is 32.2. The van der Waals surface area contributed by atoms with Gasteiger partial charge < -0.3 is 9.88 Å². The Hall–Kier alpha value is -2.80. The summed E-state index contributed by atoms with van der Waals surface area (Å²) in [6, 6.07) is 12.2. The Kier molecular flexibility index (Phi) is 3.77. The summed E-state index contributed by atoms with van der Waals surface area (Å²) < 4.78 is 28.2. The lowest BCUT2D eigenvalue weighted by Gasteiger charge is -2.20. The first-order valence-electron chi connectivity index (χ1n) is 8.38. The van der Waals surface area contributed by atoms with E-state index in [2.05, 4.69) is 9.71 Å². The molecular weight excluding hydrogens is 350 g/mol. The van der Waals surface area contributed by atoms with Crippen molar-refractivity contribution >= 4 is 38.2 Å². The van der Waals surface area contributed by atoms with Gasteiger partial charge in [0, 0.05) is 41.4 Å². The number of benzene rings is 2. The lowest BCUT2D eigenvalue weighted by Crippen LogP contribution is -2.33. The Morgan fingerprint density at radius 1 is 1.19 bits per heavy atom. The summed E-state index contributed by atoms with van der Waals surface area (Å²) in [5, 5.41) is 0.935. The number of aromatic amines is 1. The number of hydrogen-bond acceptors (Lipinski definition) is 3. The molecule has 0 fully saturated rings. The van der Waals surface area contributed by atoms with Gasteiger partial charge in [0.25, 0.3) is 10.0 Å². The molecule has 1 aliphatic heterocycles. The van der Waals surface area contributed by atoms with Gasteiger partial charge in [-0.1, -0.05) is 0 Å². The van der Waals surface area contributed by atoms with Crippen LogP contribution in [0.15, 0.2) is 53.6 Å². The van der Waals surface area contributed by atoms with Crippen LogP contribution in [0.5, 0.6) is 0 Å². The van der Waals surface area contributed by atoms with Crippen LogP contribution in [-0.2, 0) is 21.2 Å². The molecule has 0 radical (unpaired) electrons. The van der Waals surface area contributed by atoms with E-state index in [1.807, 2.05) is 25.3 Å². The molecule has 3 aromatic rings. The van der Waals surface area contributed by atoms with Gasteiger partial charge in [-0.3, -0.25) is 9.52 Å². The van der Waals surface area contributed by atoms with Crippen molar-refractivity contribution < 1.29 is 13.2 Å². The highest BCUT2D eigenvalue weighted by molar-refractivity contribution is 7.92. The van der Waals surface area contributed by atoms with E-state index >= 15 is 0 Å². The van der Waals surface area contributed by atoms with Gasteiger partial charge >= 0.3 is 0 Å². The lowest BCUT2D eigenvalue weighted by molar-refractivity contribution is -0.116. The number of anilines is 2. The van der Waals surface area contributed by atoms with Crippen LogP contribution in [0.1, 0.15) is 19.4 Å². The second kappa shape index (κ2) is 5.88. The number of rotatable bonds is 3. The molecule has 0 aliphatic carbocycles. The van der Waals surface area contributed by atoms with E-state index in [1.54, 1.807) is 35.2 Å². The molecule has 134 valence electrons. The number of carbonyl (C=O) groups excluding carboxylic acids is 1. The molecule has 26 heavy (non-hydrogen) atoms. The Balaban J connectivity index is 1.66. The van der Waals surface area contributed by atoms with Gasteiger partial charge in [0.1, 0.15) is 0 Å². The van der Waals surface area contributed by atoms with E-state index in [0.29, 0.717) is 12.1 Å². The number of H-pyrrole nitrogens is 1. The largest absolute Gasteiger partial charge is 0.361 e. The van der Waals surface area contributed by atoms with E-state index < -0.39 is 10.0 Å². The summed E-state index contributed by atoms with van der Waals surface area (Å²) in [4.78, 5) is 16.8. The fourth-order valence-corrected chi connectivity index (χ4v) is 4.69. The number of amides is 1. The van der Waals surface area contributed by atoms with Crippen LogP contribution >= 0.6 is 0 Å². The maximum absolute atomic E-state index is 12.8. The molecule has 2 aromatic carbocycles. The first-order valence-corrected chi connectivity index (χ1v) is 9.86. The van der Waals surface area contributed by atoms with Gasteiger partial charge in [0.15, 0.2) is 0 Å². The van der Waals surface area contributed by atoms with Gasteiger partial charge in [-0.05, 0) is 61.4 Å². The maximum Gasteiger partial charge on any atom is 0.261 e. The Morgan fingerprint density at radius 2 is 2.00 bits per heavy atom. The van der Waals surface area contributed by atoms with E-state index in [0.717, 1.165) is 22.2 Å². The normalized spacial score (nSPS) is 16.7. The average Bonchev–Trinajstić information content (AvgIpc) is 3.15. The van der Waals surface area contributed by atoms with Gasteiger partial charge in [0.2, 0.25) is 5.91 Å². The fourth-order valence-electron chi connectivity index (χ4n) is 3.59. The van der Waals surface area contributed by atoms with Crippen molar-refractivity contribution in [2.24, 2.45) is 0 Å². The summed E-state index contributed by atoms with van der Waals surface area (Å²) in [5.41, 5.74) is 3.12. The molecule has 1 aliphatic rings. The number of nitrogens with one attached hydrogen (secondary N) is 2. The molecular formula is C19H19N3O3S. The predicted octanol–water partition coefficient (Wildman–Crippen LogP) is 3.27. The van der Waals surface area contributed by atoms with Crippen LogP contribution in [0.4, 0.5) is 11.4 Å². The van der Waals surface area contributed by atoms with Crippen LogP contribution < -0.4 is 9.62 Å². The summed E-state index contributed by atoms with van der Waals surface area (Å²) in [6.07, 6.45) is 2.46. The van der Waals surface area contributed by atoms with Crippen molar-refractivity contribution in [2.45, 2.75) is 31.2 Å².